The van der Waals surface area contributed by atoms with Gasteiger partial charge in [-0.05, 0) is 46.2 Å². The first-order valence-electron chi connectivity index (χ1n) is 5.82. The molecule has 1 rings (SSSR count). The van der Waals surface area contributed by atoms with Gasteiger partial charge in [0.1, 0.15) is 0 Å². The molecule has 1 N–H and O–H groups in total. The molecule has 1 aromatic heterocycles. The number of halogens is 2. The predicted octanol–water partition coefficient (Wildman–Crippen LogP) is 5.66. The van der Waals surface area contributed by atoms with Crippen molar-refractivity contribution in [1.82, 2.24) is 0 Å². The van der Waals surface area contributed by atoms with Crippen LogP contribution in [-0.4, -0.2) is 5.11 Å². The molecule has 98 valence electrons. The van der Waals surface area contributed by atoms with Gasteiger partial charge < -0.3 is 5.11 Å². The third-order valence-corrected chi connectivity index (χ3v) is 5.16. The van der Waals surface area contributed by atoms with Gasteiger partial charge in [0, 0.05) is 4.88 Å². The van der Waals surface area contributed by atoms with Gasteiger partial charge in [0.25, 0.3) is 0 Å². The van der Waals surface area contributed by atoms with E-state index in [9.17, 15) is 5.11 Å². The van der Waals surface area contributed by atoms with E-state index < -0.39 is 6.10 Å². The number of hydrogen-bond donors (Lipinski definition) is 1. The first kappa shape index (κ1) is 15.5. The maximum Gasteiger partial charge on any atom is 0.0888 e. The van der Waals surface area contributed by atoms with Gasteiger partial charge in [0.2, 0.25) is 0 Å². The normalized spacial score (nSPS) is 15.9. The summed E-state index contributed by atoms with van der Waals surface area (Å²) in [5.74, 6) is 0.504. The number of thiophene rings is 1. The van der Waals surface area contributed by atoms with Crippen LogP contribution in [-0.2, 0) is 0 Å². The predicted molar refractivity (Wildman–Crippen MR) is 79.8 cm³/mol. The quantitative estimate of drug-likeness (QED) is 0.750. The van der Waals surface area contributed by atoms with Crippen LogP contribution in [0.3, 0.4) is 0 Å². The van der Waals surface area contributed by atoms with Crippen molar-refractivity contribution in [2.24, 2.45) is 11.3 Å². The molecule has 0 aromatic carbocycles. The summed E-state index contributed by atoms with van der Waals surface area (Å²) < 4.78 is 0.900. The van der Waals surface area contributed by atoms with Gasteiger partial charge in [-0.1, -0.05) is 39.3 Å². The van der Waals surface area contributed by atoms with E-state index in [0.29, 0.717) is 16.4 Å². The van der Waals surface area contributed by atoms with Crippen LogP contribution in [0, 0.1) is 11.3 Å². The summed E-state index contributed by atoms with van der Waals surface area (Å²) in [7, 11) is 0. The Morgan fingerprint density at radius 3 is 2.47 bits per heavy atom. The molecule has 1 heterocycles. The minimum absolute atomic E-state index is 0.312. The second-order valence-corrected chi connectivity index (χ2v) is 8.70. The smallest absolute Gasteiger partial charge is 0.0888 e. The van der Waals surface area contributed by atoms with Crippen molar-refractivity contribution in [2.45, 2.75) is 46.6 Å². The van der Waals surface area contributed by atoms with Crippen LogP contribution in [0.15, 0.2) is 9.85 Å². The molecule has 0 saturated carbocycles. The monoisotopic (exact) mass is 338 g/mol. The Hall–Kier alpha value is 0.430. The van der Waals surface area contributed by atoms with E-state index in [1.807, 2.05) is 6.07 Å². The summed E-state index contributed by atoms with van der Waals surface area (Å²) in [5, 5.41) is 10.8. The summed E-state index contributed by atoms with van der Waals surface area (Å²) >= 11 is 10.9. The molecule has 0 aliphatic carbocycles. The Morgan fingerprint density at radius 1 is 1.47 bits per heavy atom. The van der Waals surface area contributed by atoms with Gasteiger partial charge in [0.05, 0.1) is 14.9 Å². The summed E-state index contributed by atoms with van der Waals surface area (Å²) in [6.45, 7) is 8.89. The van der Waals surface area contributed by atoms with Crippen molar-refractivity contribution >= 4 is 38.9 Å². The molecular formula is C13H20BrClOS. The summed E-state index contributed by atoms with van der Waals surface area (Å²) in [6.07, 6.45) is 1.51. The Morgan fingerprint density at radius 2 is 2.06 bits per heavy atom. The fourth-order valence-corrected chi connectivity index (χ4v) is 3.90. The topological polar surface area (TPSA) is 20.2 Å². The average Bonchev–Trinajstić information content (AvgIpc) is 2.43. The van der Waals surface area contributed by atoms with Gasteiger partial charge >= 0.3 is 0 Å². The lowest BCUT2D eigenvalue weighted by atomic mass is 9.83. The summed E-state index contributed by atoms with van der Waals surface area (Å²) in [4.78, 5) is 0.947. The van der Waals surface area contributed by atoms with E-state index in [1.165, 1.54) is 11.3 Å². The molecule has 1 aromatic rings. The SMILES string of the molecule is CC(CC(O)c1cc(Cl)c(Br)s1)CC(C)(C)C. The number of hydrogen-bond acceptors (Lipinski definition) is 2. The molecule has 2 unspecified atom stereocenters. The third kappa shape index (κ3) is 5.29. The number of aliphatic hydroxyl groups is 1. The maximum atomic E-state index is 10.2. The van der Waals surface area contributed by atoms with Gasteiger partial charge in [-0.2, -0.15) is 0 Å². The minimum Gasteiger partial charge on any atom is -0.388 e. The molecule has 0 aliphatic heterocycles. The molecule has 0 aliphatic rings. The van der Waals surface area contributed by atoms with E-state index >= 15 is 0 Å². The van der Waals surface area contributed by atoms with Gasteiger partial charge in [-0.15, -0.1) is 11.3 Å². The Bertz CT molecular complexity index is 350. The van der Waals surface area contributed by atoms with Crippen molar-refractivity contribution in [3.05, 3.63) is 19.8 Å². The van der Waals surface area contributed by atoms with Gasteiger partial charge in [-0.25, -0.2) is 0 Å². The molecule has 0 spiro atoms. The molecule has 0 bridgehead atoms. The Labute approximate surface area is 121 Å². The van der Waals surface area contributed by atoms with Crippen LogP contribution in [0.25, 0.3) is 0 Å². The molecule has 0 radical (unpaired) electrons. The Balaban J connectivity index is 2.57. The first-order chi connectivity index (χ1) is 7.69. The lowest BCUT2D eigenvalue weighted by molar-refractivity contribution is 0.137. The molecule has 1 nitrogen and oxygen atoms in total. The standard InChI is InChI=1S/C13H20BrClOS/c1-8(7-13(2,3)4)5-10(16)11-6-9(15)12(14)17-11/h6,8,10,16H,5,7H2,1-4H3. The van der Waals surface area contributed by atoms with Crippen LogP contribution < -0.4 is 0 Å². The molecule has 0 amide bonds. The van der Waals surface area contributed by atoms with Crippen LogP contribution in [0.1, 0.15) is 51.5 Å². The van der Waals surface area contributed by atoms with Crippen molar-refractivity contribution in [2.75, 3.05) is 0 Å². The zero-order chi connectivity index (χ0) is 13.2. The van der Waals surface area contributed by atoms with Crippen LogP contribution >= 0.6 is 38.9 Å². The number of aliphatic hydroxyl groups excluding tert-OH is 1. The molecule has 17 heavy (non-hydrogen) atoms. The van der Waals surface area contributed by atoms with E-state index in [4.69, 9.17) is 11.6 Å². The van der Waals surface area contributed by atoms with Crippen molar-refractivity contribution in [3.8, 4) is 0 Å². The Kier molecular flexibility index (Phi) is 5.51. The van der Waals surface area contributed by atoms with Crippen LogP contribution in [0.5, 0.6) is 0 Å². The highest BCUT2D eigenvalue weighted by Gasteiger charge is 2.20. The van der Waals surface area contributed by atoms with Crippen LogP contribution in [0.4, 0.5) is 0 Å². The summed E-state index contributed by atoms with van der Waals surface area (Å²) in [6, 6.07) is 1.85. The maximum absolute atomic E-state index is 10.2. The molecule has 4 heteroatoms. The highest BCUT2D eigenvalue weighted by molar-refractivity contribution is 9.11. The number of rotatable bonds is 4. The van der Waals surface area contributed by atoms with E-state index in [1.54, 1.807) is 0 Å². The fourth-order valence-electron chi connectivity index (χ4n) is 2.15. The lowest BCUT2D eigenvalue weighted by Gasteiger charge is -2.24. The third-order valence-electron chi connectivity index (χ3n) is 2.58. The van der Waals surface area contributed by atoms with Crippen molar-refractivity contribution < 1.29 is 5.11 Å². The lowest BCUT2D eigenvalue weighted by Crippen LogP contribution is -2.13. The van der Waals surface area contributed by atoms with Gasteiger partial charge in [-0.3, -0.25) is 0 Å². The molecular weight excluding hydrogens is 320 g/mol. The second-order valence-electron chi connectivity index (χ2n) is 5.89. The van der Waals surface area contributed by atoms with E-state index in [0.717, 1.165) is 21.5 Å². The first-order valence-corrected chi connectivity index (χ1v) is 7.80. The highest BCUT2D eigenvalue weighted by Crippen LogP contribution is 2.38. The van der Waals surface area contributed by atoms with E-state index in [2.05, 4.69) is 43.6 Å². The largest absolute Gasteiger partial charge is 0.388 e. The zero-order valence-corrected chi connectivity index (χ0v) is 13.9. The minimum atomic E-state index is -0.402. The molecule has 0 saturated heterocycles. The molecule has 0 fully saturated rings. The van der Waals surface area contributed by atoms with Crippen molar-refractivity contribution in [3.63, 3.8) is 0 Å². The van der Waals surface area contributed by atoms with Crippen LogP contribution in [0.2, 0.25) is 5.02 Å². The van der Waals surface area contributed by atoms with Gasteiger partial charge in [0.15, 0.2) is 0 Å². The average molecular weight is 340 g/mol. The fraction of sp³-hybridized carbons (Fsp3) is 0.692. The van der Waals surface area contributed by atoms with Crippen molar-refractivity contribution in [1.29, 1.82) is 0 Å². The highest BCUT2D eigenvalue weighted by atomic mass is 79.9. The second kappa shape index (κ2) is 6.05. The van der Waals surface area contributed by atoms with E-state index in [-0.39, 0.29) is 0 Å². The molecule has 2 atom stereocenters. The summed E-state index contributed by atoms with van der Waals surface area (Å²) in [5.41, 5.74) is 0.312. The zero-order valence-electron chi connectivity index (χ0n) is 10.8.